The second-order valence-corrected chi connectivity index (χ2v) is 4.58. The van der Waals surface area contributed by atoms with Crippen molar-refractivity contribution in [3.63, 3.8) is 0 Å². The van der Waals surface area contributed by atoms with Gasteiger partial charge in [0.2, 0.25) is 0 Å². The second kappa shape index (κ2) is 5.45. The molecule has 4 nitrogen and oxygen atoms in total. The van der Waals surface area contributed by atoms with E-state index in [1.807, 2.05) is 0 Å². The summed E-state index contributed by atoms with van der Waals surface area (Å²) >= 11 is 0. The van der Waals surface area contributed by atoms with Crippen LogP contribution < -0.4 is 5.73 Å². The summed E-state index contributed by atoms with van der Waals surface area (Å²) in [6.07, 6.45) is 1.78. The highest BCUT2D eigenvalue weighted by Crippen LogP contribution is 2.14. The third kappa shape index (κ3) is 4.17. The van der Waals surface area contributed by atoms with E-state index in [-0.39, 0.29) is 0 Å². The first-order valence-corrected chi connectivity index (χ1v) is 5.57. The Morgan fingerprint density at radius 1 is 1.53 bits per heavy atom. The van der Waals surface area contributed by atoms with Gasteiger partial charge < -0.3 is 10.5 Å². The average molecular weight is 211 g/mol. The molecule has 1 heterocycles. The minimum absolute atomic E-state index is 0.348. The summed E-state index contributed by atoms with van der Waals surface area (Å²) in [5, 5.41) is 8.88. The molecule has 15 heavy (non-hydrogen) atoms. The lowest BCUT2D eigenvalue weighted by molar-refractivity contribution is 0.129. The molecule has 0 aromatic rings. The van der Waals surface area contributed by atoms with E-state index in [1.54, 1.807) is 6.92 Å². The molecule has 2 unspecified atom stereocenters. The van der Waals surface area contributed by atoms with Gasteiger partial charge in [0.15, 0.2) is 0 Å². The van der Waals surface area contributed by atoms with Crippen molar-refractivity contribution in [3.05, 3.63) is 0 Å². The molecule has 2 N–H and O–H groups in total. The summed E-state index contributed by atoms with van der Waals surface area (Å²) in [6.45, 7) is 7.55. The molecule has 4 heteroatoms. The molecular weight excluding hydrogens is 190 g/mol. The largest absolute Gasteiger partial charge is 0.380 e. The molecule has 0 saturated carbocycles. The van der Waals surface area contributed by atoms with Crippen LogP contribution >= 0.6 is 0 Å². The fourth-order valence-electron chi connectivity index (χ4n) is 1.99. The zero-order valence-corrected chi connectivity index (χ0v) is 9.70. The van der Waals surface area contributed by atoms with Gasteiger partial charge in [0.1, 0.15) is 5.54 Å². The molecule has 0 radical (unpaired) electrons. The molecule has 0 amide bonds. The van der Waals surface area contributed by atoms with Gasteiger partial charge in [0.05, 0.1) is 12.7 Å². The Balaban J connectivity index is 2.45. The van der Waals surface area contributed by atoms with E-state index in [1.165, 1.54) is 0 Å². The fraction of sp³-hybridized carbons (Fsp3) is 0.909. The van der Waals surface area contributed by atoms with E-state index in [0.29, 0.717) is 12.5 Å². The van der Waals surface area contributed by atoms with Crippen LogP contribution in [-0.4, -0.2) is 42.8 Å². The molecule has 1 aliphatic heterocycles. The van der Waals surface area contributed by atoms with Gasteiger partial charge in [-0.15, -0.1) is 0 Å². The Hall–Kier alpha value is -0.630. The first-order valence-electron chi connectivity index (χ1n) is 5.57. The van der Waals surface area contributed by atoms with Crippen LogP contribution in [0.1, 0.15) is 26.7 Å². The van der Waals surface area contributed by atoms with E-state index in [0.717, 1.165) is 32.7 Å². The zero-order valence-electron chi connectivity index (χ0n) is 9.70. The van der Waals surface area contributed by atoms with Crippen LogP contribution in [0.3, 0.4) is 0 Å². The Bertz CT molecular complexity index is 226. The van der Waals surface area contributed by atoms with Gasteiger partial charge in [-0.3, -0.25) is 4.90 Å². The van der Waals surface area contributed by atoms with Gasteiger partial charge in [-0.25, -0.2) is 0 Å². The number of hydrogen-bond donors (Lipinski definition) is 1. The molecular formula is C11H21N3O. The van der Waals surface area contributed by atoms with E-state index < -0.39 is 5.54 Å². The predicted molar refractivity (Wildman–Crippen MR) is 59.3 cm³/mol. The molecule has 0 spiro atoms. The lowest BCUT2D eigenvalue weighted by atomic mass is 9.96. The highest BCUT2D eigenvalue weighted by molar-refractivity contribution is 5.02. The molecule has 1 saturated heterocycles. The minimum Gasteiger partial charge on any atom is -0.380 e. The van der Waals surface area contributed by atoms with Gasteiger partial charge in [-0.1, -0.05) is 0 Å². The molecule has 1 fully saturated rings. The smallest absolute Gasteiger partial charge is 0.102 e. The summed E-state index contributed by atoms with van der Waals surface area (Å²) in [6, 6.07) is 2.50. The van der Waals surface area contributed by atoms with Gasteiger partial charge in [-0.2, -0.15) is 5.26 Å². The minimum atomic E-state index is -0.716. The Kier molecular flexibility index (Phi) is 4.52. The SMILES string of the molecule is CC(CC(C)(N)C#N)N1CCCOCC1. The Labute approximate surface area is 92.0 Å². The summed E-state index contributed by atoms with van der Waals surface area (Å²) in [7, 11) is 0. The fourth-order valence-corrected chi connectivity index (χ4v) is 1.99. The van der Waals surface area contributed by atoms with Crippen LogP contribution in [-0.2, 0) is 4.74 Å². The first kappa shape index (κ1) is 12.4. The molecule has 0 aliphatic carbocycles. The average Bonchev–Trinajstić information content (AvgIpc) is 2.45. The van der Waals surface area contributed by atoms with Crippen molar-refractivity contribution in [2.45, 2.75) is 38.3 Å². The lowest BCUT2D eigenvalue weighted by Gasteiger charge is -2.30. The quantitative estimate of drug-likeness (QED) is 0.747. The number of nitriles is 1. The third-order valence-corrected chi connectivity index (χ3v) is 2.86. The molecule has 0 bridgehead atoms. The van der Waals surface area contributed by atoms with E-state index >= 15 is 0 Å². The maximum absolute atomic E-state index is 8.88. The van der Waals surface area contributed by atoms with Crippen molar-refractivity contribution in [3.8, 4) is 6.07 Å². The molecule has 0 aromatic carbocycles. The maximum atomic E-state index is 8.88. The van der Waals surface area contributed by atoms with Crippen LogP contribution in [0.25, 0.3) is 0 Å². The molecule has 0 aromatic heterocycles. The van der Waals surface area contributed by atoms with Crippen LogP contribution in [0.4, 0.5) is 0 Å². The van der Waals surface area contributed by atoms with E-state index in [9.17, 15) is 0 Å². The highest BCUT2D eigenvalue weighted by atomic mass is 16.5. The van der Waals surface area contributed by atoms with Crippen molar-refractivity contribution in [1.82, 2.24) is 4.90 Å². The highest BCUT2D eigenvalue weighted by Gasteiger charge is 2.25. The Morgan fingerprint density at radius 3 is 2.93 bits per heavy atom. The monoisotopic (exact) mass is 211 g/mol. The number of rotatable bonds is 3. The van der Waals surface area contributed by atoms with Gasteiger partial charge in [0, 0.05) is 25.7 Å². The van der Waals surface area contributed by atoms with Crippen molar-refractivity contribution < 1.29 is 4.74 Å². The Morgan fingerprint density at radius 2 is 2.27 bits per heavy atom. The van der Waals surface area contributed by atoms with E-state index in [2.05, 4.69) is 17.9 Å². The van der Waals surface area contributed by atoms with Gasteiger partial charge in [-0.05, 0) is 26.7 Å². The topological polar surface area (TPSA) is 62.3 Å². The summed E-state index contributed by atoms with van der Waals surface area (Å²) in [4.78, 5) is 2.36. The second-order valence-electron chi connectivity index (χ2n) is 4.58. The first-order chi connectivity index (χ1) is 7.05. The third-order valence-electron chi connectivity index (χ3n) is 2.86. The van der Waals surface area contributed by atoms with Gasteiger partial charge in [0.25, 0.3) is 0 Å². The molecule has 1 aliphatic rings. The number of nitrogens with two attached hydrogens (primary N) is 1. The van der Waals surface area contributed by atoms with Crippen LogP contribution in [0.5, 0.6) is 0 Å². The van der Waals surface area contributed by atoms with Crippen molar-refractivity contribution in [2.75, 3.05) is 26.3 Å². The van der Waals surface area contributed by atoms with Crippen molar-refractivity contribution >= 4 is 0 Å². The lowest BCUT2D eigenvalue weighted by Crippen LogP contribution is -2.44. The number of hydrogen-bond acceptors (Lipinski definition) is 4. The maximum Gasteiger partial charge on any atom is 0.102 e. The normalized spacial score (nSPS) is 24.9. The molecule has 2 atom stereocenters. The summed E-state index contributed by atoms with van der Waals surface area (Å²) in [5.41, 5.74) is 5.13. The number of ether oxygens (including phenoxy) is 1. The number of nitrogens with zero attached hydrogens (tertiary/aromatic N) is 2. The molecule has 1 rings (SSSR count). The molecule has 86 valence electrons. The van der Waals surface area contributed by atoms with Crippen LogP contribution in [0.2, 0.25) is 0 Å². The van der Waals surface area contributed by atoms with Gasteiger partial charge >= 0.3 is 0 Å². The van der Waals surface area contributed by atoms with E-state index in [4.69, 9.17) is 15.7 Å². The predicted octanol–water partition coefficient (Wildman–Crippen LogP) is 0.728. The van der Waals surface area contributed by atoms with Crippen molar-refractivity contribution in [2.24, 2.45) is 5.73 Å². The zero-order chi connectivity index (χ0) is 11.3. The van der Waals surface area contributed by atoms with Crippen molar-refractivity contribution in [1.29, 1.82) is 5.26 Å². The van der Waals surface area contributed by atoms with Crippen LogP contribution in [0, 0.1) is 11.3 Å². The van der Waals surface area contributed by atoms with Crippen LogP contribution in [0.15, 0.2) is 0 Å². The summed E-state index contributed by atoms with van der Waals surface area (Å²) in [5.74, 6) is 0. The summed E-state index contributed by atoms with van der Waals surface area (Å²) < 4.78 is 5.39. The standard InChI is InChI=1S/C11H21N3O/c1-10(8-11(2,13)9-12)14-4-3-6-15-7-5-14/h10H,3-8,13H2,1-2H3.